The minimum atomic E-state index is -0.310. The largest absolute Gasteiger partial charge is 0.350 e. The van der Waals surface area contributed by atoms with E-state index in [2.05, 4.69) is 5.32 Å². The molecular weight excluding hydrogens is 332 g/mol. The Morgan fingerprint density at radius 1 is 0.962 bits per heavy atom. The van der Waals surface area contributed by atoms with E-state index < -0.39 is 0 Å². The third-order valence-electron chi connectivity index (χ3n) is 4.69. The average Bonchev–Trinajstić information content (AvgIpc) is 2.58. The molecule has 0 atom stereocenters. The molecule has 1 N–H and O–H groups in total. The van der Waals surface area contributed by atoms with Crippen LogP contribution in [0.4, 0.5) is 4.79 Å². The van der Waals surface area contributed by atoms with Crippen LogP contribution in [0.3, 0.4) is 0 Å². The highest BCUT2D eigenvalue weighted by Gasteiger charge is 2.31. The highest BCUT2D eigenvalue weighted by Crippen LogP contribution is 2.21. The summed E-state index contributed by atoms with van der Waals surface area (Å²) < 4.78 is 0. The molecule has 0 aromatic rings. The Labute approximate surface area is 158 Å². The number of likely N-dealkylation sites (tertiary alicyclic amines) is 1. The highest BCUT2D eigenvalue weighted by atomic mass is 16.2. The number of nitrogens with zero attached hydrogens (tertiary/aromatic N) is 3. The van der Waals surface area contributed by atoms with Gasteiger partial charge in [-0.25, -0.2) is 4.79 Å². The fourth-order valence-electron chi connectivity index (χ4n) is 3.25. The number of hydrogen-bond donors (Lipinski definition) is 1. The van der Waals surface area contributed by atoms with Crippen LogP contribution < -0.4 is 5.32 Å². The summed E-state index contributed by atoms with van der Waals surface area (Å²) in [5, 5.41) is 2.90. The first-order chi connectivity index (χ1) is 12.1. The highest BCUT2D eigenvalue weighted by molar-refractivity contribution is 5.86. The first-order valence-electron chi connectivity index (χ1n) is 9.76. The van der Waals surface area contributed by atoms with Crippen LogP contribution in [0.1, 0.15) is 54.4 Å². The Kier molecular flexibility index (Phi) is 8.37. The van der Waals surface area contributed by atoms with Crippen molar-refractivity contribution in [2.45, 2.75) is 59.9 Å². The van der Waals surface area contributed by atoms with Gasteiger partial charge in [0.15, 0.2) is 0 Å². The Bertz CT molecular complexity index is 490. The predicted molar refractivity (Wildman–Crippen MR) is 103 cm³/mol. The molecule has 7 nitrogen and oxygen atoms in total. The van der Waals surface area contributed by atoms with Gasteiger partial charge in [-0.3, -0.25) is 9.59 Å². The van der Waals surface area contributed by atoms with E-state index in [0.29, 0.717) is 45.6 Å². The second kappa shape index (κ2) is 9.78. The summed E-state index contributed by atoms with van der Waals surface area (Å²) in [5.41, 5.74) is -0.310. The Hall–Kier alpha value is -1.79. The van der Waals surface area contributed by atoms with E-state index in [1.807, 2.05) is 46.4 Å². The molecule has 1 fully saturated rings. The molecular formula is C19H36N4O3. The molecule has 1 aliphatic rings. The lowest BCUT2D eigenvalue weighted by Crippen LogP contribution is -2.51. The van der Waals surface area contributed by atoms with Crippen molar-refractivity contribution in [3.05, 3.63) is 0 Å². The van der Waals surface area contributed by atoms with Crippen LogP contribution in [0.15, 0.2) is 0 Å². The third kappa shape index (κ3) is 6.50. The van der Waals surface area contributed by atoms with Gasteiger partial charge >= 0.3 is 6.03 Å². The fraction of sp³-hybridized carbons (Fsp3) is 0.842. The number of hydrogen-bond acceptors (Lipinski definition) is 3. The predicted octanol–water partition coefficient (Wildman–Crippen LogP) is 1.92. The smallest absolute Gasteiger partial charge is 0.319 e. The minimum absolute atomic E-state index is 0.0199. The summed E-state index contributed by atoms with van der Waals surface area (Å²) in [6.07, 6.45) is 1.31. The summed E-state index contributed by atoms with van der Waals surface area (Å²) in [6.45, 7) is 14.8. The summed E-state index contributed by atoms with van der Waals surface area (Å²) >= 11 is 0. The first-order valence-corrected chi connectivity index (χ1v) is 9.76. The normalized spacial score (nSPS) is 15.5. The zero-order valence-corrected chi connectivity index (χ0v) is 17.3. The van der Waals surface area contributed by atoms with Gasteiger partial charge in [0.2, 0.25) is 11.8 Å². The van der Waals surface area contributed by atoms with Crippen molar-refractivity contribution in [1.29, 1.82) is 0 Å². The quantitative estimate of drug-likeness (QED) is 0.778. The molecule has 1 rings (SSSR count). The summed E-state index contributed by atoms with van der Waals surface area (Å²) in [4.78, 5) is 42.6. The molecule has 150 valence electrons. The van der Waals surface area contributed by atoms with Gasteiger partial charge in [0.05, 0.1) is 6.54 Å². The number of rotatable bonds is 6. The molecule has 0 radical (unpaired) electrons. The lowest BCUT2D eigenvalue weighted by molar-refractivity contribution is -0.140. The summed E-state index contributed by atoms with van der Waals surface area (Å²) in [7, 11) is 0. The average molecular weight is 369 g/mol. The molecule has 26 heavy (non-hydrogen) atoms. The number of carbonyl (C=O) groups is 3. The Morgan fingerprint density at radius 3 is 1.88 bits per heavy atom. The molecule has 1 aliphatic heterocycles. The third-order valence-corrected chi connectivity index (χ3v) is 4.69. The van der Waals surface area contributed by atoms with Crippen LogP contribution in [0.5, 0.6) is 0 Å². The van der Waals surface area contributed by atoms with Crippen LogP contribution in [-0.4, -0.2) is 77.4 Å². The molecule has 0 bridgehead atoms. The van der Waals surface area contributed by atoms with Crippen molar-refractivity contribution in [3.63, 3.8) is 0 Å². The number of amides is 4. The van der Waals surface area contributed by atoms with Gasteiger partial charge in [-0.1, -0.05) is 0 Å². The van der Waals surface area contributed by atoms with Crippen molar-refractivity contribution >= 4 is 17.8 Å². The zero-order chi connectivity index (χ0) is 19.9. The maximum Gasteiger partial charge on any atom is 0.319 e. The van der Waals surface area contributed by atoms with Crippen LogP contribution in [-0.2, 0) is 9.59 Å². The van der Waals surface area contributed by atoms with E-state index in [9.17, 15) is 14.4 Å². The van der Waals surface area contributed by atoms with Gasteiger partial charge in [-0.2, -0.15) is 0 Å². The van der Waals surface area contributed by atoms with Crippen molar-refractivity contribution in [3.8, 4) is 0 Å². The van der Waals surface area contributed by atoms with Gasteiger partial charge in [-0.15, -0.1) is 0 Å². The lowest BCUT2D eigenvalue weighted by Gasteiger charge is -2.36. The maximum atomic E-state index is 12.8. The Morgan fingerprint density at radius 2 is 1.46 bits per heavy atom. The Balaban J connectivity index is 2.58. The van der Waals surface area contributed by atoms with Gasteiger partial charge < -0.3 is 20.0 Å². The number of nitrogens with one attached hydrogen (secondary N) is 1. The number of piperidine rings is 1. The van der Waals surface area contributed by atoms with Crippen LogP contribution in [0, 0.1) is 5.92 Å². The summed E-state index contributed by atoms with van der Waals surface area (Å²) in [6, 6.07) is 0.0535. The molecule has 0 aliphatic carbocycles. The summed E-state index contributed by atoms with van der Waals surface area (Å²) in [5.74, 6) is -0.230. The SMILES string of the molecule is CCN(CC(=O)NC(C)(C)C)C(=O)C1CCN(C(=O)N(CC)CC)CC1. The molecule has 0 aromatic carbocycles. The van der Waals surface area contributed by atoms with Crippen LogP contribution >= 0.6 is 0 Å². The standard InChI is InChI=1S/C19H36N4O3/c1-7-21(8-2)18(26)23-12-10-15(11-13-23)17(25)22(9-3)14-16(24)20-19(4,5)6/h15H,7-14H2,1-6H3,(H,20,24). The van der Waals surface area contributed by atoms with E-state index in [1.165, 1.54) is 0 Å². The number of urea groups is 1. The van der Waals surface area contributed by atoms with Gasteiger partial charge in [0.25, 0.3) is 0 Å². The van der Waals surface area contributed by atoms with E-state index >= 15 is 0 Å². The lowest BCUT2D eigenvalue weighted by atomic mass is 9.95. The van der Waals surface area contributed by atoms with E-state index in [-0.39, 0.29) is 35.8 Å². The van der Waals surface area contributed by atoms with E-state index in [1.54, 1.807) is 9.80 Å². The van der Waals surface area contributed by atoms with E-state index in [4.69, 9.17) is 0 Å². The first kappa shape index (κ1) is 22.3. The molecule has 0 saturated carbocycles. The van der Waals surface area contributed by atoms with Crippen molar-refractivity contribution in [1.82, 2.24) is 20.0 Å². The second-order valence-corrected chi connectivity index (χ2v) is 7.87. The monoisotopic (exact) mass is 368 g/mol. The van der Waals surface area contributed by atoms with E-state index in [0.717, 1.165) is 0 Å². The number of likely N-dealkylation sites (N-methyl/N-ethyl adjacent to an activating group) is 1. The van der Waals surface area contributed by atoms with Crippen LogP contribution in [0.2, 0.25) is 0 Å². The van der Waals surface area contributed by atoms with Crippen molar-refractivity contribution in [2.75, 3.05) is 39.3 Å². The molecule has 7 heteroatoms. The zero-order valence-electron chi connectivity index (χ0n) is 17.3. The molecule has 1 saturated heterocycles. The molecule has 0 aromatic heterocycles. The van der Waals surface area contributed by atoms with Gasteiger partial charge in [0.1, 0.15) is 0 Å². The van der Waals surface area contributed by atoms with Gasteiger partial charge in [-0.05, 0) is 54.4 Å². The number of carbonyl (C=O) groups excluding carboxylic acids is 3. The van der Waals surface area contributed by atoms with Crippen LogP contribution in [0.25, 0.3) is 0 Å². The molecule has 4 amide bonds. The molecule has 0 spiro atoms. The molecule has 1 heterocycles. The van der Waals surface area contributed by atoms with Crippen molar-refractivity contribution in [2.24, 2.45) is 5.92 Å². The van der Waals surface area contributed by atoms with Crippen molar-refractivity contribution < 1.29 is 14.4 Å². The second-order valence-electron chi connectivity index (χ2n) is 7.87. The maximum absolute atomic E-state index is 12.8. The van der Waals surface area contributed by atoms with Gasteiger partial charge in [0, 0.05) is 44.2 Å². The topological polar surface area (TPSA) is 73.0 Å². The fourth-order valence-corrected chi connectivity index (χ4v) is 3.25. The minimum Gasteiger partial charge on any atom is -0.350 e. The molecule has 0 unspecified atom stereocenters.